The SMILES string of the molecule is C=C(C)C(=C=C(c1ccccc1)c1ccccc1)n1ncc(-c2ccc(C)cc2)n1. The van der Waals surface area contributed by atoms with Gasteiger partial charge < -0.3 is 0 Å². The molecular weight excluding hydrogens is 366 g/mol. The summed E-state index contributed by atoms with van der Waals surface area (Å²) in [5, 5.41) is 9.21. The lowest BCUT2D eigenvalue weighted by Gasteiger charge is -2.08. The van der Waals surface area contributed by atoms with Crippen LogP contribution in [0.15, 0.2) is 109 Å². The van der Waals surface area contributed by atoms with Crippen molar-refractivity contribution in [2.24, 2.45) is 0 Å². The van der Waals surface area contributed by atoms with E-state index in [-0.39, 0.29) is 0 Å². The first-order valence-corrected chi connectivity index (χ1v) is 9.89. The van der Waals surface area contributed by atoms with Gasteiger partial charge >= 0.3 is 0 Å². The van der Waals surface area contributed by atoms with Crippen LogP contribution in [0.25, 0.3) is 22.5 Å². The Labute approximate surface area is 177 Å². The Bertz CT molecular complexity index is 1180. The van der Waals surface area contributed by atoms with Crippen molar-refractivity contribution in [1.82, 2.24) is 15.0 Å². The Hall–Kier alpha value is -3.94. The summed E-state index contributed by atoms with van der Waals surface area (Å²) < 4.78 is 0. The van der Waals surface area contributed by atoms with Gasteiger partial charge in [0.15, 0.2) is 0 Å². The van der Waals surface area contributed by atoms with E-state index in [9.17, 15) is 0 Å². The van der Waals surface area contributed by atoms with Crippen molar-refractivity contribution in [3.63, 3.8) is 0 Å². The third-order valence-electron chi connectivity index (χ3n) is 4.81. The molecule has 146 valence electrons. The zero-order valence-electron chi connectivity index (χ0n) is 17.2. The first kappa shape index (κ1) is 19.4. The number of hydrogen-bond acceptors (Lipinski definition) is 2. The summed E-state index contributed by atoms with van der Waals surface area (Å²) in [5.41, 5.74) is 11.3. The van der Waals surface area contributed by atoms with Crippen molar-refractivity contribution in [2.75, 3.05) is 0 Å². The van der Waals surface area contributed by atoms with Crippen LogP contribution < -0.4 is 0 Å². The average Bonchev–Trinajstić information content (AvgIpc) is 3.25. The number of nitrogens with zero attached hydrogens (tertiary/aromatic N) is 3. The fourth-order valence-corrected chi connectivity index (χ4v) is 3.19. The van der Waals surface area contributed by atoms with Crippen LogP contribution in [-0.2, 0) is 0 Å². The van der Waals surface area contributed by atoms with Gasteiger partial charge in [0.05, 0.1) is 6.20 Å². The molecular formula is C27H23N3. The van der Waals surface area contributed by atoms with Gasteiger partial charge in [-0.3, -0.25) is 0 Å². The van der Waals surface area contributed by atoms with Gasteiger partial charge in [-0.25, -0.2) is 0 Å². The van der Waals surface area contributed by atoms with Crippen LogP contribution in [0.3, 0.4) is 0 Å². The fraction of sp³-hybridized carbons (Fsp3) is 0.0741. The van der Waals surface area contributed by atoms with E-state index in [0.29, 0.717) is 0 Å². The second kappa shape index (κ2) is 8.60. The van der Waals surface area contributed by atoms with E-state index >= 15 is 0 Å². The second-order valence-corrected chi connectivity index (χ2v) is 7.25. The highest BCUT2D eigenvalue weighted by Gasteiger charge is 2.10. The van der Waals surface area contributed by atoms with Crippen molar-refractivity contribution in [2.45, 2.75) is 13.8 Å². The lowest BCUT2D eigenvalue weighted by atomic mass is 9.98. The predicted octanol–water partition coefficient (Wildman–Crippen LogP) is 6.40. The van der Waals surface area contributed by atoms with Gasteiger partial charge in [0.25, 0.3) is 0 Å². The van der Waals surface area contributed by atoms with Gasteiger partial charge in [0.1, 0.15) is 11.4 Å². The summed E-state index contributed by atoms with van der Waals surface area (Å²) in [6, 6.07) is 28.7. The molecule has 4 rings (SSSR count). The maximum Gasteiger partial charge on any atom is 0.131 e. The summed E-state index contributed by atoms with van der Waals surface area (Å²) in [6.07, 6.45) is 1.78. The molecule has 0 aliphatic heterocycles. The minimum atomic E-state index is 0.732. The van der Waals surface area contributed by atoms with Crippen molar-refractivity contribution < 1.29 is 0 Å². The van der Waals surface area contributed by atoms with Crippen molar-refractivity contribution in [3.8, 4) is 11.3 Å². The average molecular weight is 390 g/mol. The molecule has 1 heterocycles. The van der Waals surface area contributed by atoms with Gasteiger partial charge in [-0.05, 0) is 30.5 Å². The van der Waals surface area contributed by atoms with Crippen molar-refractivity contribution in [3.05, 3.63) is 126 Å². The monoisotopic (exact) mass is 389 g/mol. The highest BCUT2D eigenvalue weighted by atomic mass is 15.5. The summed E-state index contributed by atoms with van der Waals surface area (Å²) in [4.78, 5) is 1.61. The van der Waals surface area contributed by atoms with Crippen LogP contribution in [0.4, 0.5) is 0 Å². The standard InChI is InChI=1S/C27H23N3/c1-20(2)27(30-28-19-26(29-30)24-16-14-21(3)15-17-24)18-25(22-10-6-4-7-11-22)23-12-8-5-9-13-23/h4-17,19H,1H2,2-3H3. The summed E-state index contributed by atoms with van der Waals surface area (Å²) in [5.74, 6) is 0. The number of aromatic nitrogens is 3. The fourth-order valence-electron chi connectivity index (χ4n) is 3.19. The van der Waals surface area contributed by atoms with Gasteiger partial charge in [-0.15, -0.1) is 9.90 Å². The first-order valence-electron chi connectivity index (χ1n) is 9.89. The molecule has 4 aromatic rings. The molecule has 0 saturated heterocycles. The van der Waals surface area contributed by atoms with Crippen LogP contribution in [0, 0.1) is 6.92 Å². The van der Waals surface area contributed by atoms with Crippen LogP contribution in [-0.4, -0.2) is 15.0 Å². The predicted molar refractivity (Wildman–Crippen MR) is 124 cm³/mol. The number of benzene rings is 3. The van der Waals surface area contributed by atoms with E-state index in [0.717, 1.165) is 39.2 Å². The maximum absolute atomic E-state index is 4.70. The van der Waals surface area contributed by atoms with Gasteiger partial charge in [0.2, 0.25) is 0 Å². The molecule has 0 amide bonds. The molecule has 3 nitrogen and oxygen atoms in total. The van der Waals surface area contributed by atoms with Crippen molar-refractivity contribution in [1.29, 1.82) is 0 Å². The lowest BCUT2D eigenvalue weighted by molar-refractivity contribution is 0.773. The van der Waals surface area contributed by atoms with E-state index in [1.165, 1.54) is 5.56 Å². The molecule has 0 saturated carbocycles. The highest BCUT2D eigenvalue weighted by molar-refractivity contribution is 5.83. The molecule has 0 aliphatic rings. The highest BCUT2D eigenvalue weighted by Crippen LogP contribution is 2.25. The Morgan fingerprint density at radius 2 is 1.40 bits per heavy atom. The van der Waals surface area contributed by atoms with Crippen LogP contribution >= 0.6 is 0 Å². The third-order valence-corrected chi connectivity index (χ3v) is 4.81. The Morgan fingerprint density at radius 1 is 0.833 bits per heavy atom. The molecule has 0 radical (unpaired) electrons. The molecule has 0 spiro atoms. The lowest BCUT2D eigenvalue weighted by Crippen LogP contribution is -2.02. The molecule has 0 bridgehead atoms. The number of allylic oxidation sites excluding steroid dienone is 2. The molecule has 3 aromatic carbocycles. The summed E-state index contributed by atoms with van der Waals surface area (Å²) in [6.45, 7) is 8.17. The molecule has 0 unspecified atom stereocenters. The summed E-state index contributed by atoms with van der Waals surface area (Å²) >= 11 is 0. The molecule has 0 N–H and O–H groups in total. The van der Waals surface area contributed by atoms with E-state index in [1.807, 2.05) is 43.3 Å². The topological polar surface area (TPSA) is 30.7 Å². The van der Waals surface area contributed by atoms with Gasteiger partial charge in [-0.2, -0.15) is 5.10 Å². The Balaban J connectivity index is 1.89. The molecule has 0 aliphatic carbocycles. The van der Waals surface area contributed by atoms with Gasteiger partial charge in [-0.1, -0.05) is 103 Å². The minimum absolute atomic E-state index is 0.732. The summed E-state index contributed by atoms with van der Waals surface area (Å²) in [7, 11) is 0. The normalized spacial score (nSPS) is 10.3. The van der Waals surface area contributed by atoms with Crippen LogP contribution in [0.5, 0.6) is 0 Å². The van der Waals surface area contributed by atoms with E-state index in [4.69, 9.17) is 5.10 Å². The maximum atomic E-state index is 4.70. The zero-order chi connectivity index (χ0) is 20.9. The molecule has 0 fully saturated rings. The third kappa shape index (κ3) is 4.22. The largest absolute Gasteiger partial charge is 0.156 e. The quantitative estimate of drug-likeness (QED) is 0.292. The molecule has 3 heteroatoms. The van der Waals surface area contributed by atoms with Crippen LogP contribution in [0.2, 0.25) is 0 Å². The number of rotatable bonds is 5. The molecule has 1 aromatic heterocycles. The Morgan fingerprint density at radius 3 is 1.93 bits per heavy atom. The van der Waals surface area contributed by atoms with E-state index in [1.54, 1.807) is 11.0 Å². The molecule has 30 heavy (non-hydrogen) atoms. The van der Waals surface area contributed by atoms with E-state index < -0.39 is 0 Å². The van der Waals surface area contributed by atoms with E-state index in [2.05, 4.69) is 72.9 Å². The van der Waals surface area contributed by atoms with Crippen molar-refractivity contribution >= 4 is 11.3 Å². The Kier molecular flexibility index (Phi) is 5.56. The second-order valence-electron chi connectivity index (χ2n) is 7.25. The number of hydrogen-bond donors (Lipinski definition) is 0. The molecule has 0 atom stereocenters. The van der Waals surface area contributed by atoms with Gasteiger partial charge in [0, 0.05) is 11.1 Å². The number of aryl methyl sites for hydroxylation is 1. The zero-order valence-corrected chi connectivity index (χ0v) is 17.2. The first-order chi connectivity index (χ1) is 14.6. The minimum Gasteiger partial charge on any atom is -0.156 e. The van der Waals surface area contributed by atoms with Crippen LogP contribution in [0.1, 0.15) is 23.6 Å². The smallest absolute Gasteiger partial charge is 0.131 e.